The van der Waals surface area contributed by atoms with E-state index in [1.54, 1.807) is 41.7 Å². The van der Waals surface area contributed by atoms with E-state index in [2.05, 4.69) is 10.4 Å². The van der Waals surface area contributed by atoms with E-state index in [0.717, 1.165) is 5.56 Å². The molecule has 0 atom stereocenters. The molecule has 4 aromatic rings. The molecule has 2 aromatic heterocycles. The molecule has 194 valence electrons. The first-order valence-corrected chi connectivity index (χ1v) is 12.6. The van der Waals surface area contributed by atoms with Gasteiger partial charge in [0.15, 0.2) is 10.7 Å². The number of aryl methyl sites for hydroxylation is 2. The number of hydrogen-bond donors (Lipinski definition) is 1. The van der Waals surface area contributed by atoms with Crippen LogP contribution in [0.2, 0.25) is 0 Å². The number of para-hydroxylation sites is 1. The van der Waals surface area contributed by atoms with E-state index in [1.807, 2.05) is 38.1 Å². The standard InChI is InChI=1S/C26H29N5O5S/c1-6-31-24-23(16(2)29-31)28-26(30(25(24)33)14-17-9-7-8-10-20(17)35-4)37-15-22(32)27-19-13-18(34-3)11-12-21(19)36-5/h7-13H,6,14-15H2,1-5H3,(H,27,32). The topological polar surface area (TPSA) is 110 Å². The van der Waals surface area contributed by atoms with Crippen molar-refractivity contribution in [1.29, 1.82) is 0 Å². The van der Waals surface area contributed by atoms with Gasteiger partial charge in [-0.2, -0.15) is 5.10 Å². The molecule has 37 heavy (non-hydrogen) atoms. The highest BCUT2D eigenvalue weighted by Crippen LogP contribution is 2.29. The monoisotopic (exact) mass is 523 g/mol. The van der Waals surface area contributed by atoms with E-state index in [0.29, 0.717) is 51.4 Å². The summed E-state index contributed by atoms with van der Waals surface area (Å²) >= 11 is 1.17. The maximum Gasteiger partial charge on any atom is 0.280 e. The maximum absolute atomic E-state index is 13.7. The highest BCUT2D eigenvalue weighted by atomic mass is 32.2. The van der Waals surface area contributed by atoms with Gasteiger partial charge in [-0.1, -0.05) is 30.0 Å². The first-order chi connectivity index (χ1) is 17.9. The molecule has 11 heteroatoms. The highest BCUT2D eigenvalue weighted by Gasteiger charge is 2.20. The number of rotatable bonds is 10. The molecule has 0 saturated heterocycles. The smallest absolute Gasteiger partial charge is 0.280 e. The molecule has 1 N–H and O–H groups in total. The maximum atomic E-state index is 13.7. The fourth-order valence-corrected chi connectivity index (χ4v) is 4.79. The van der Waals surface area contributed by atoms with Crippen LogP contribution in [0.3, 0.4) is 0 Å². The minimum absolute atomic E-state index is 0.0190. The highest BCUT2D eigenvalue weighted by molar-refractivity contribution is 7.99. The second-order valence-electron chi connectivity index (χ2n) is 8.10. The Kier molecular flexibility index (Phi) is 8.02. The van der Waals surface area contributed by atoms with Crippen molar-refractivity contribution in [3.05, 3.63) is 64.1 Å². The molecule has 0 spiro atoms. The molecule has 0 aliphatic rings. The number of aromatic nitrogens is 4. The minimum Gasteiger partial charge on any atom is -0.497 e. The summed E-state index contributed by atoms with van der Waals surface area (Å²) in [6.07, 6.45) is 0. The van der Waals surface area contributed by atoms with Crippen LogP contribution in [0.1, 0.15) is 18.2 Å². The SMILES string of the molecule is CCn1nc(C)c2nc(SCC(=O)Nc3cc(OC)ccc3OC)n(Cc3ccccc3OC)c(=O)c21. The van der Waals surface area contributed by atoms with Crippen LogP contribution in [0.4, 0.5) is 5.69 Å². The molecule has 0 unspecified atom stereocenters. The van der Waals surface area contributed by atoms with Gasteiger partial charge < -0.3 is 19.5 Å². The summed E-state index contributed by atoms with van der Waals surface area (Å²) in [4.78, 5) is 31.4. The average molecular weight is 524 g/mol. The number of fused-ring (bicyclic) bond motifs is 1. The Hall–Kier alpha value is -3.99. The van der Waals surface area contributed by atoms with Gasteiger partial charge in [0.2, 0.25) is 5.91 Å². The van der Waals surface area contributed by atoms with Gasteiger partial charge in [-0.15, -0.1) is 0 Å². The van der Waals surface area contributed by atoms with Gasteiger partial charge in [0.1, 0.15) is 22.8 Å². The summed E-state index contributed by atoms with van der Waals surface area (Å²) in [7, 11) is 4.67. The van der Waals surface area contributed by atoms with Crippen LogP contribution in [0, 0.1) is 6.92 Å². The lowest BCUT2D eigenvalue weighted by Gasteiger charge is -2.15. The quantitative estimate of drug-likeness (QED) is 0.247. The van der Waals surface area contributed by atoms with Crippen LogP contribution < -0.4 is 25.1 Å². The third kappa shape index (κ3) is 5.41. The zero-order valence-corrected chi connectivity index (χ0v) is 22.2. The summed E-state index contributed by atoms with van der Waals surface area (Å²) < 4.78 is 19.3. The molecule has 0 radical (unpaired) electrons. The molecule has 0 fully saturated rings. The molecule has 0 saturated carbocycles. The van der Waals surface area contributed by atoms with Crippen molar-refractivity contribution in [2.24, 2.45) is 0 Å². The van der Waals surface area contributed by atoms with Crippen molar-refractivity contribution >= 4 is 34.4 Å². The molecule has 4 rings (SSSR count). The normalized spacial score (nSPS) is 10.9. The number of thioether (sulfide) groups is 1. The lowest BCUT2D eigenvalue weighted by atomic mass is 10.2. The van der Waals surface area contributed by atoms with Crippen molar-refractivity contribution in [1.82, 2.24) is 19.3 Å². The number of carbonyl (C=O) groups is 1. The summed E-state index contributed by atoms with van der Waals surface area (Å²) in [5.74, 6) is 1.49. The molecule has 2 aromatic carbocycles. The second-order valence-corrected chi connectivity index (χ2v) is 9.04. The number of hydrogen-bond acceptors (Lipinski definition) is 8. The van der Waals surface area contributed by atoms with Crippen molar-refractivity contribution in [3.8, 4) is 17.2 Å². The number of carbonyl (C=O) groups excluding carboxylic acids is 1. The predicted molar refractivity (Wildman–Crippen MR) is 143 cm³/mol. The molecular weight excluding hydrogens is 494 g/mol. The molecule has 10 nitrogen and oxygen atoms in total. The number of methoxy groups -OCH3 is 3. The summed E-state index contributed by atoms with van der Waals surface area (Å²) in [5, 5.41) is 7.75. The van der Waals surface area contributed by atoms with E-state index >= 15 is 0 Å². The van der Waals surface area contributed by atoms with Gasteiger partial charge in [0, 0.05) is 18.2 Å². The van der Waals surface area contributed by atoms with Gasteiger partial charge in [-0.3, -0.25) is 18.8 Å². The van der Waals surface area contributed by atoms with Gasteiger partial charge in [0.05, 0.1) is 45.0 Å². The van der Waals surface area contributed by atoms with E-state index in [9.17, 15) is 9.59 Å². The molecule has 0 aliphatic carbocycles. The van der Waals surface area contributed by atoms with Crippen LogP contribution in [-0.2, 0) is 17.9 Å². The van der Waals surface area contributed by atoms with Crippen LogP contribution in [0.15, 0.2) is 52.4 Å². The predicted octanol–water partition coefficient (Wildman–Crippen LogP) is 3.73. The average Bonchev–Trinajstić information content (AvgIpc) is 3.24. The van der Waals surface area contributed by atoms with E-state index < -0.39 is 0 Å². The van der Waals surface area contributed by atoms with Crippen molar-refractivity contribution in [2.75, 3.05) is 32.4 Å². The molecule has 0 aliphatic heterocycles. The number of anilines is 1. The van der Waals surface area contributed by atoms with Crippen LogP contribution in [-0.4, -0.2) is 52.3 Å². The second kappa shape index (κ2) is 11.4. The number of amides is 1. The lowest BCUT2D eigenvalue weighted by Crippen LogP contribution is -2.26. The first-order valence-electron chi connectivity index (χ1n) is 11.6. The fraction of sp³-hybridized carbons (Fsp3) is 0.308. The zero-order chi connectivity index (χ0) is 26.5. The van der Waals surface area contributed by atoms with Crippen molar-refractivity contribution in [2.45, 2.75) is 32.1 Å². The molecular formula is C26H29N5O5S. The van der Waals surface area contributed by atoms with E-state index in [4.69, 9.17) is 19.2 Å². The van der Waals surface area contributed by atoms with Crippen LogP contribution >= 0.6 is 11.8 Å². The summed E-state index contributed by atoms with van der Waals surface area (Å²) in [6.45, 7) is 4.51. The van der Waals surface area contributed by atoms with Gasteiger partial charge in [-0.25, -0.2) is 4.98 Å². The Morgan fingerprint density at radius 3 is 2.51 bits per heavy atom. The third-order valence-electron chi connectivity index (χ3n) is 5.82. The summed E-state index contributed by atoms with van der Waals surface area (Å²) in [6, 6.07) is 12.6. The molecule has 1 amide bonds. The van der Waals surface area contributed by atoms with Gasteiger partial charge in [-0.05, 0) is 32.0 Å². The number of benzene rings is 2. The van der Waals surface area contributed by atoms with Gasteiger partial charge >= 0.3 is 0 Å². The van der Waals surface area contributed by atoms with Crippen molar-refractivity contribution < 1.29 is 19.0 Å². The Balaban J connectivity index is 1.69. The first kappa shape index (κ1) is 26.1. The van der Waals surface area contributed by atoms with Crippen LogP contribution in [0.5, 0.6) is 17.2 Å². The van der Waals surface area contributed by atoms with E-state index in [-0.39, 0.29) is 23.8 Å². The Bertz CT molecular complexity index is 1500. The number of nitrogens with one attached hydrogen (secondary N) is 1. The molecule has 2 heterocycles. The third-order valence-corrected chi connectivity index (χ3v) is 6.79. The van der Waals surface area contributed by atoms with Crippen LogP contribution in [0.25, 0.3) is 11.0 Å². The Labute approximate surface area is 218 Å². The Morgan fingerprint density at radius 1 is 1.05 bits per heavy atom. The van der Waals surface area contributed by atoms with Crippen molar-refractivity contribution in [3.63, 3.8) is 0 Å². The van der Waals surface area contributed by atoms with E-state index in [1.165, 1.54) is 18.9 Å². The lowest BCUT2D eigenvalue weighted by molar-refractivity contribution is -0.113. The fourth-order valence-electron chi connectivity index (χ4n) is 4.00. The zero-order valence-electron chi connectivity index (χ0n) is 21.4. The molecule has 0 bridgehead atoms. The largest absolute Gasteiger partial charge is 0.497 e. The Morgan fingerprint density at radius 2 is 1.81 bits per heavy atom. The minimum atomic E-state index is -0.282. The number of nitrogens with zero attached hydrogens (tertiary/aromatic N) is 4. The van der Waals surface area contributed by atoms with Gasteiger partial charge in [0.25, 0.3) is 5.56 Å². The number of ether oxygens (including phenoxy) is 3. The summed E-state index contributed by atoms with van der Waals surface area (Å²) in [5.41, 5.74) is 2.70.